The summed E-state index contributed by atoms with van der Waals surface area (Å²) in [5.41, 5.74) is 3.96. The van der Waals surface area contributed by atoms with Crippen LogP contribution in [0.4, 0.5) is 11.4 Å². The molecule has 0 saturated heterocycles. The molecule has 2 aromatic rings. The Hall–Kier alpha value is -2.82. The van der Waals surface area contributed by atoms with Crippen LogP contribution in [0, 0.1) is 0 Å². The molecule has 0 aromatic heterocycles. The van der Waals surface area contributed by atoms with Crippen LogP contribution >= 0.6 is 0 Å². The van der Waals surface area contributed by atoms with Gasteiger partial charge in [-0.15, -0.1) is 0 Å². The number of hydrogen-bond donors (Lipinski definition) is 0. The lowest BCUT2D eigenvalue weighted by Gasteiger charge is -2.43. The van der Waals surface area contributed by atoms with Crippen molar-refractivity contribution in [3.63, 3.8) is 0 Å². The Morgan fingerprint density at radius 2 is 1.89 bits per heavy atom. The zero-order valence-electron chi connectivity index (χ0n) is 17.1. The number of benzene rings is 2. The van der Waals surface area contributed by atoms with Gasteiger partial charge in [0, 0.05) is 11.1 Å². The maximum absolute atomic E-state index is 13.4. The Labute approximate surface area is 166 Å². The molecular weight excluding hydrogens is 352 g/mol. The number of amides is 1. The predicted molar refractivity (Wildman–Crippen MR) is 111 cm³/mol. The second kappa shape index (κ2) is 6.66. The maximum Gasteiger partial charge on any atom is 0.278 e. The van der Waals surface area contributed by atoms with Crippen LogP contribution in [0.2, 0.25) is 0 Å². The van der Waals surface area contributed by atoms with Crippen molar-refractivity contribution in [3.8, 4) is 11.5 Å². The van der Waals surface area contributed by atoms with Crippen LogP contribution in [0.15, 0.2) is 41.4 Å². The van der Waals surface area contributed by atoms with Gasteiger partial charge in [0.15, 0.2) is 0 Å². The molecule has 0 N–H and O–H groups in total. The second-order valence-electron chi connectivity index (χ2n) is 8.06. The SMILES string of the molecule is CCOc1cc2c3c(c1)[C@@H](C)CC(C)(C)N3C(=O)C2=Nc1ccc(OC)cc1. The minimum absolute atomic E-state index is 0.0439. The zero-order valence-corrected chi connectivity index (χ0v) is 17.1. The summed E-state index contributed by atoms with van der Waals surface area (Å²) < 4.78 is 11.0. The number of aliphatic imine (C=N–C) groups is 1. The average molecular weight is 378 g/mol. The molecule has 28 heavy (non-hydrogen) atoms. The standard InChI is InChI=1S/C23H26N2O3/c1-6-28-17-11-18-14(2)13-23(3,4)25-21(18)19(12-17)20(22(25)26)24-15-7-9-16(27-5)10-8-15/h7-12,14H,6,13H2,1-5H3/t14-/m0/s1. The normalized spacial score (nSPS) is 21.0. The summed E-state index contributed by atoms with van der Waals surface area (Å²) in [6.07, 6.45) is 0.899. The molecule has 0 radical (unpaired) electrons. The minimum Gasteiger partial charge on any atom is -0.497 e. The van der Waals surface area contributed by atoms with E-state index in [0.717, 1.165) is 40.4 Å². The van der Waals surface area contributed by atoms with E-state index in [1.54, 1.807) is 7.11 Å². The maximum atomic E-state index is 13.4. The molecule has 2 aromatic carbocycles. The average Bonchev–Trinajstić information content (AvgIpc) is 2.93. The van der Waals surface area contributed by atoms with Crippen molar-refractivity contribution in [1.29, 1.82) is 0 Å². The summed E-state index contributed by atoms with van der Waals surface area (Å²) >= 11 is 0. The molecule has 0 bridgehead atoms. The lowest BCUT2D eigenvalue weighted by molar-refractivity contribution is -0.113. The Morgan fingerprint density at radius 3 is 2.54 bits per heavy atom. The third-order valence-corrected chi connectivity index (χ3v) is 5.56. The number of carbonyl (C=O) groups is 1. The van der Waals surface area contributed by atoms with Crippen molar-refractivity contribution in [1.82, 2.24) is 0 Å². The number of carbonyl (C=O) groups excluding carboxylic acids is 1. The van der Waals surface area contributed by atoms with Gasteiger partial charge in [0.25, 0.3) is 5.91 Å². The molecule has 0 aliphatic carbocycles. The van der Waals surface area contributed by atoms with Gasteiger partial charge in [-0.25, -0.2) is 4.99 Å². The Morgan fingerprint density at radius 1 is 1.18 bits per heavy atom. The van der Waals surface area contributed by atoms with Crippen LogP contribution < -0.4 is 14.4 Å². The van der Waals surface area contributed by atoms with Crippen LogP contribution in [0.1, 0.15) is 51.2 Å². The highest BCUT2D eigenvalue weighted by atomic mass is 16.5. The first-order valence-corrected chi connectivity index (χ1v) is 9.74. The third-order valence-electron chi connectivity index (χ3n) is 5.56. The van der Waals surface area contributed by atoms with Gasteiger partial charge in [0.2, 0.25) is 0 Å². The van der Waals surface area contributed by atoms with Gasteiger partial charge in [0.1, 0.15) is 17.2 Å². The highest BCUT2D eigenvalue weighted by molar-refractivity contribution is 6.55. The fourth-order valence-electron chi connectivity index (χ4n) is 4.43. The highest BCUT2D eigenvalue weighted by Gasteiger charge is 2.48. The molecular formula is C23H26N2O3. The lowest BCUT2D eigenvalue weighted by Crippen LogP contribution is -2.50. The third kappa shape index (κ3) is 2.86. The van der Waals surface area contributed by atoms with Crippen molar-refractivity contribution in [2.24, 2.45) is 4.99 Å². The van der Waals surface area contributed by atoms with Crippen LogP contribution in [-0.4, -0.2) is 30.9 Å². The summed E-state index contributed by atoms with van der Waals surface area (Å²) in [6, 6.07) is 11.5. The van der Waals surface area contributed by atoms with Crippen molar-refractivity contribution in [2.45, 2.75) is 45.6 Å². The van der Waals surface area contributed by atoms with Gasteiger partial charge in [-0.3, -0.25) is 4.79 Å². The van der Waals surface area contributed by atoms with Gasteiger partial charge in [-0.2, -0.15) is 0 Å². The van der Waals surface area contributed by atoms with Crippen molar-refractivity contribution >= 4 is 23.0 Å². The molecule has 4 rings (SSSR count). The Bertz CT molecular complexity index is 961. The lowest BCUT2D eigenvalue weighted by atomic mass is 9.80. The van der Waals surface area contributed by atoms with Crippen LogP contribution in [0.25, 0.3) is 0 Å². The molecule has 0 saturated carbocycles. The van der Waals surface area contributed by atoms with Crippen molar-refractivity contribution in [3.05, 3.63) is 47.5 Å². The van der Waals surface area contributed by atoms with E-state index < -0.39 is 0 Å². The molecule has 2 aliphatic rings. The van der Waals surface area contributed by atoms with Gasteiger partial charge >= 0.3 is 0 Å². The predicted octanol–water partition coefficient (Wildman–Crippen LogP) is 4.85. The Kier molecular flexibility index (Phi) is 4.41. The quantitative estimate of drug-likeness (QED) is 0.764. The van der Waals surface area contributed by atoms with E-state index in [9.17, 15) is 4.79 Å². The Balaban J connectivity index is 1.90. The van der Waals surface area contributed by atoms with E-state index in [2.05, 4.69) is 26.8 Å². The number of rotatable bonds is 4. The van der Waals surface area contributed by atoms with Gasteiger partial charge in [-0.1, -0.05) is 6.92 Å². The molecule has 0 spiro atoms. The van der Waals surface area contributed by atoms with Crippen LogP contribution in [0.3, 0.4) is 0 Å². The summed E-state index contributed by atoms with van der Waals surface area (Å²) in [7, 11) is 1.63. The highest BCUT2D eigenvalue weighted by Crippen LogP contribution is 2.50. The number of hydrogen-bond acceptors (Lipinski definition) is 4. The van der Waals surface area contributed by atoms with E-state index in [4.69, 9.17) is 14.5 Å². The molecule has 1 atom stereocenters. The fourth-order valence-corrected chi connectivity index (χ4v) is 4.43. The summed E-state index contributed by atoms with van der Waals surface area (Å²) in [5.74, 6) is 1.85. The van der Waals surface area contributed by atoms with Crippen LogP contribution in [-0.2, 0) is 4.79 Å². The van der Waals surface area contributed by atoms with E-state index in [-0.39, 0.29) is 11.4 Å². The van der Waals surface area contributed by atoms with Crippen LogP contribution in [0.5, 0.6) is 11.5 Å². The topological polar surface area (TPSA) is 51.1 Å². The number of nitrogens with zero attached hydrogens (tertiary/aromatic N) is 2. The molecule has 0 unspecified atom stereocenters. The molecule has 5 heteroatoms. The molecule has 146 valence electrons. The number of ether oxygens (including phenoxy) is 2. The molecule has 2 heterocycles. The van der Waals surface area contributed by atoms with Gasteiger partial charge in [-0.05, 0) is 75.1 Å². The number of anilines is 1. The molecule has 2 aliphatic heterocycles. The largest absolute Gasteiger partial charge is 0.497 e. The fraction of sp³-hybridized carbons (Fsp3) is 0.391. The first-order chi connectivity index (χ1) is 13.4. The second-order valence-corrected chi connectivity index (χ2v) is 8.06. The summed E-state index contributed by atoms with van der Waals surface area (Å²) in [5, 5.41) is 0. The van der Waals surface area contributed by atoms with Crippen molar-refractivity contribution in [2.75, 3.05) is 18.6 Å². The smallest absolute Gasteiger partial charge is 0.278 e. The van der Waals surface area contributed by atoms with E-state index in [0.29, 0.717) is 18.2 Å². The van der Waals surface area contributed by atoms with Gasteiger partial charge < -0.3 is 14.4 Å². The van der Waals surface area contributed by atoms with E-state index in [1.165, 1.54) is 0 Å². The minimum atomic E-state index is -0.261. The molecule has 5 nitrogen and oxygen atoms in total. The van der Waals surface area contributed by atoms with E-state index in [1.807, 2.05) is 42.2 Å². The first-order valence-electron chi connectivity index (χ1n) is 9.74. The molecule has 0 fully saturated rings. The van der Waals surface area contributed by atoms with E-state index >= 15 is 0 Å². The zero-order chi connectivity index (χ0) is 20.1. The monoisotopic (exact) mass is 378 g/mol. The van der Waals surface area contributed by atoms with Crippen molar-refractivity contribution < 1.29 is 14.3 Å². The first kappa shape index (κ1) is 18.5. The number of methoxy groups -OCH3 is 1. The molecule has 1 amide bonds. The summed E-state index contributed by atoms with van der Waals surface area (Å²) in [6.45, 7) is 9.02. The van der Waals surface area contributed by atoms with Gasteiger partial charge in [0.05, 0.1) is 25.1 Å². The summed E-state index contributed by atoms with van der Waals surface area (Å²) in [4.78, 5) is 20.1.